The lowest BCUT2D eigenvalue weighted by molar-refractivity contribution is 0.261. The third kappa shape index (κ3) is 3.53. The molecule has 0 saturated carbocycles. The molecule has 8 nitrogen and oxygen atoms in total. The first kappa shape index (κ1) is 13.1. The Morgan fingerprint density at radius 3 is 2.37 bits per heavy atom. The Hall–Kier alpha value is -2.39. The Morgan fingerprint density at radius 1 is 1.16 bits per heavy atom. The Bertz CT molecular complexity index is 664. The van der Waals surface area contributed by atoms with Gasteiger partial charge in [-0.25, -0.2) is 4.79 Å². The van der Waals surface area contributed by atoms with Gasteiger partial charge in [-0.2, -0.15) is 8.42 Å². The van der Waals surface area contributed by atoms with Crippen molar-refractivity contribution in [1.82, 2.24) is 5.16 Å². The van der Waals surface area contributed by atoms with Crippen LogP contribution >= 0.6 is 0 Å². The Morgan fingerprint density at radius 2 is 1.84 bits per heavy atom. The highest BCUT2D eigenvalue weighted by molar-refractivity contribution is 7.85. The summed E-state index contributed by atoms with van der Waals surface area (Å²) in [7, 11) is -4.24. The smallest absolute Gasteiger partial charge is 0.326 e. The predicted molar refractivity (Wildman–Crippen MR) is 65.4 cm³/mol. The van der Waals surface area contributed by atoms with Gasteiger partial charge in [-0.1, -0.05) is 5.16 Å². The molecule has 0 unspecified atom stereocenters. The molecule has 1 aromatic carbocycles. The first-order chi connectivity index (χ1) is 8.95. The third-order valence-corrected chi connectivity index (χ3v) is 2.95. The highest BCUT2D eigenvalue weighted by Gasteiger charge is 2.09. The van der Waals surface area contributed by atoms with Crippen LogP contribution in [0.1, 0.15) is 0 Å². The maximum Gasteiger partial charge on any atom is 0.326 e. The van der Waals surface area contributed by atoms with Gasteiger partial charge in [0.1, 0.15) is 0 Å². The van der Waals surface area contributed by atoms with Crippen molar-refractivity contribution >= 4 is 27.7 Å². The summed E-state index contributed by atoms with van der Waals surface area (Å²) in [5, 5.41) is 8.22. The average Bonchev–Trinajstić information content (AvgIpc) is 2.81. The van der Waals surface area contributed by atoms with E-state index in [-0.39, 0.29) is 10.8 Å². The number of hydrogen-bond donors (Lipinski definition) is 3. The zero-order valence-electron chi connectivity index (χ0n) is 9.40. The Kier molecular flexibility index (Phi) is 3.49. The van der Waals surface area contributed by atoms with Crippen molar-refractivity contribution in [3.8, 4) is 0 Å². The van der Waals surface area contributed by atoms with Crippen molar-refractivity contribution in [2.45, 2.75) is 4.90 Å². The minimum Gasteiger partial charge on any atom is -0.338 e. The van der Waals surface area contributed by atoms with Gasteiger partial charge in [0.25, 0.3) is 10.1 Å². The largest absolute Gasteiger partial charge is 0.338 e. The standard InChI is InChI=1S/C10H9N3O5S/c14-10(13-9-5-6-11-18-9)12-7-1-3-8(4-2-7)19(15,16)17/h1-6H,(H2,12,13,14)(H,15,16,17). The van der Waals surface area contributed by atoms with E-state index in [4.69, 9.17) is 4.55 Å². The number of aromatic nitrogens is 1. The van der Waals surface area contributed by atoms with Gasteiger partial charge in [-0.3, -0.25) is 9.87 Å². The molecule has 0 aliphatic heterocycles. The van der Waals surface area contributed by atoms with Crippen LogP contribution in [0.4, 0.5) is 16.4 Å². The van der Waals surface area contributed by atoms with Gasteiger partial charge in [0.2, 0.25) is 5.88 Å². The number of nitrogens with one attached hydrogen (secondary N) is 2. The van der Waals surface area contributed by atoms with Gasteiger partial charge in [-0.15, -0.1) is 0 Å². The average molecular weight is 283 g/mol. The fraction of sp³-hybridized carbons (Fsp3) is 0. The number of amides is 2. The molecule has 0 fully saturated rings. The number of anilines is 2. The fourth-order valence-corrected chi connectivity index (χ4v) is 1.74. The minimum atomic E-state index is -4.24. The van der Waals surface area contributed by atoms with E-state index in [0.29, 0.717) is 5.69 Å². The van der Waals surface area contributed by atoms with E-state index in [1.807, 2.05) is 0 Å². The summed E-state index contributed by atoms with van der Waals surface area (Å²) in [5.74, 6) is 0.173. The molecule has 0 atom stereocenters. The zero-order chi connectivity index (χ0) is 13.9. The van der Waals surface area contributed by atoms with Crippen LogP contribution in [-0.4, -0.2) is 24.2 Å². The fourth-order valence-electron chi connectivity index (χ4n) is 1.26. The van der Waals surface area contributed by atoms with Crippen LogP contribution in [0.2, 0.25) is 0 Å². The van der Waals surface area contributed by atoms with Gasteiger partial charge >= 0.3 is 6.03 Å². The normalized spacial score (nSPS) is 11.0. The minimum absolute atomic E-state index is 0.173. The van der Waals surface area contributed by atoms with E-state index in [0.717, 1.165) is 0 Å². The summed E-state index contributed by atoms with van der Waals surface area (Å²) in [6.45, 7) is 0. The van der Waals surface area contributed by atoms with Crippen molar-refractivity contribution in [3.05, 3.63) is 36.5 Å². The van der Waals surface area contributed by atoms with Gasteiger partial charge in [0.05, 0.1) is 11.1 Å². The molecular weight excluding hydrogens is 274 g/mol. The van der Waals surface area contributed by atoms with Crippen molar-refractivity contribution in [1.29, 1.82) is 0 Å². The van der Waals surface area contributed by atoms with Crippen LogP contribution in [-0.2, 0) is 10.1 Å². The lowest BCUT2D eigenvalue weighted by Gasteiger charge is -2.05. The Balaban J connectivity index is 2.02. The molecule has 0 aliphatic carbocycles. The predicted octanol–water partition coefficient (Wildman–Crippen LogP) is 1.57. The number of nitrogens with zero attached hydrogens (tertiary/aromatic N) is 1. The molecule has 2 aromatic rings. The van der Waals surface area contributed by atoms with Gasteiger partial charge in [-0.05, 0) is 24.3 Å². The number of rotatable bonds is 3. The maximum atomic E-state index is 11.5. The summed E-state index contributed by atoms with van der Waals surface area (Å²) in [6.07, 6.45) is 1.37. The van der Waals surface area contributed by atoms with Crippen LogP contribution in [0.3, 0.4) is 0 Å². The molecule has 0 radical (unpaired) electrons. The zero-order valence-corrected chi connectivity index (χ0v) is 10.2. The van der Waals surface area contributed by atoms with Crippen molar-refractivity contribution in [2.24, 2.45) is 0 Å². The molecule has 2 amide bonds. The van der Waals surface area contributed by atoms with Crippen LogP contribution in [0, 0.1) is 0 Å². The van der Waals surface area contributed by atoms with Gasteiger partial charge < -0.3 is 9.84 Å². The third-order valence-electron chi connectivity index (χ3n) is 2.08. The van der Waals surface area contributed by atoms with Crippen LogP contribution in [0.5, 0.6) is 0 Å². The quantitative estimate of drug-likeness (QED) is 0.735. The van der Waals surface area contributed by atoms with Gasteiger partial charge in [0, 0.05) is 11.8 Å². The summed E-state index contributed by atoms with van der Waals surface area (Å²) < 4.78 is 35.1. The van der Waals surface area contributed by atoms with E-state index in [1.165, 1.54) is 36.5 Å². The summed E-state index contributed by atoms with van der Waals surface area (Å²) >= 11 is 0. The van der Waals surface area contributed by atoms with Crippen LogP contribution in [0.15, 0.2) is 45.9 Å². The lowest BCUT2D eigenvalue weighted by Crippen LogP contribution is -2.19. The van der Waals surface area contributed by atoms with E-state index < -0.39 is 16.1 Å². The van der Waals surface area contributed by atoms with E-state index in [1.54, 1.807) is 0 Å². The number of carbonyl (C=O) groups excluding carboxylic acids is 1. The molecule has 3 N–H and O–H groups in total. The number of hydrogen-bond acceptors (Lipinski definition) is 5. The molecule has 0 saturated heterocycles. The van der Waals surface area contributed by atoms with Crippen LogP contribution < -0.4 is 10.6 Å². The molecule has 100 valence electrons. The number of urea groups is 1. The van der Waals surface area contributed by atoms with Crippen LogP contribution in [0.25, 0.3) is 0 Å². The SMILES string of the molecule is O=C(Nc1ccc(S(=O)(=O)O)cc1)Nc1ccno1. The molecule has 9 heteroatoms. The molecule has 0 aliphatic rings. The second kappa shape index (κ2) is 5.08. The number of benzene rings is 1. The molecule has 2 rings (SSSR count). The topological polar surface area (TPSA) is 122 Å². The number of carbonyl (C=O) groups is 1. The summed E-state index contributed by atoms with van der Waals surface area (Å²) in [5.41, 5.74) is 0.351. The summed E-state index contributed by atoms with van der Waals surface area (Å²) in [4.78, 5) is 11.2. The summed E-state index contributed by atoms with van der Waals surface area (Å²) in [6, 6.07) is 5.89. The second-order valence-electron chi connectivity index (χ2n) is 3.46. The lowest BCUT2D eigenvalue weighted by atomic mass is 10.3. The molecule has 0 spiro atoms. The van der Waals surface area contributed by atoms with E-state index in [9.17, 15) is 13.2 Å². The van der Waals surface area contributed by atoms with Crippen molar-refractivity contribution in [3.63, 3.8) is 0 Å². The van der Waals surface area contributed by atoms with Crippen molar-refractivity contribution in [2.75, 3.05) is 10.6 Å². The second-order valence-corrected chi connectivity index (χ2v) is 4.88. The molecular formula is C10H9N3O5S. The van der Waals surface area contributed by atoms with Gasteiger partial charge in [0.15, 0.2) is 0 Å². The van der Waals surface area contributed by atoms with E-state index in [2.05, 4.69) is 20.3 Å². The molecule has 0 bridgehead atoms. The Labute approximate surface area is 108 Å². The van der Waals surface area contributed by atoms with E-state index >= 15 is 0 Å². The maximum absolute atomic E-state index is 11.5. The highest BCUT2D eigenvalue weighted by Crippen LogP contribution is 2.14. The highest BCUT2D eigenvalue weighted by atomic mass is 32.2. The molecule has 19 heavy (non-hydrogen) atoms. The first-order valence-electron chi connectivity index (χ1n) is 5.01. The molecule has 1 heterocycles. The van der Waals surface area contributed by atoms with Crippen molar-refractivity contribution < 1.29 is 22.3 Å². The monoisotopic (exact) mass is 283 g/mol. The first-order valence-corrected chi connectivity index (χ1v) is 6.45. The molecule has 1 aromatic heterocycles.